The zero-order valence-corrected chi connectivity index (χ0v) is 17.0. The molecule has 0 aliphatic carbocycles. The number of aryl methyl sites for hydroxylation is 2. The lowest BCUT2D eigenvalue weighted by atomic mass is 10.1. The fourth-order valence-corrected chi connectivity index (χ4v) is 3.10. The van der Waals surface area contributed by atoms with Crippen molar-refractivity contribution < 1.29 is 18.4 Å². The van der Waals surface area contributed by atoms with Crippen LogP contribution in [0, 0.1) is 13.8 Å². The molecule has 0 atom stereocenters. The maximum Gasteiger partial charge on any atom is 0.336 e. The Bertz CT molecular complexity index is 1310. The normalized spacial score (nSPS) is 11.3. The molecule has 0 fully saturated rings. The summed E-state index contributed by atoms with van der Waals surface area (Å²) in [5.41, 5.74) is 2.51. The second-order valence-electron chi connectivity index (χ2n) is 6.83. The van der Waals surface area contributed by atoms with Crippen molar-refractivity contribution in [2.75, 3.05) is 0 Å². The number of carbonyl (C=O) groups excluding carboxylic acids is 1. The van der Waals surface area contributed by atoms with Crippen LogP contribution in [-0.4, -0.2) is 5.97 Å². The SMILES string of the molecule is Cc1ccc(/C=C/C(=O)Oc2c(-c3ccco3)oc3cc(C)c(Cl)cc3c2=O)cc1. The van der Waals surface area contributed by atoms with Crippen LogP contribution in [-0.2, 0) is 4.79 Å². The molecule has 0 saturated heterocycles. The van der Waals surface area contributed by atoms with Gasteiger partial charge in [0.2, 0.25) is 16.9 Å². The highest BCUT2D eigenvalue weighted by Crippen LogP contribution is 2.33. The minimum Gasteiger partial charge on any atom is -0.461 e. The molecule has 4 rings (SSSR count). The van der Waals surface area contributed by atoms with Crippen molar-refractivity contribution in [2.45, 2.75) is 13.8 Å². The summed E-state index contributed by atoms with van der Waals surface area (Å²) in [7, 11) is 0. The summed E-state index contributed by atoms with van der Waals surface area (Å²) < 4.78 is 16.6. The zero-order chi connectivity index (χ0) is 21.3. The van der Waals surface area contributed by atoms with Crippen LogP contribution in [0.2, 0.25) is 5.02 Å². The second-order valence-corrected chi connectivity index (χ2v) is 7.24. The van der Waals surface area contributed by atoms with Crippen LogP contribution in [0.1, 0.15) is 16.7 Å². The van der Waals surface area contributed by atoms with Gasteiger partial charge in [-0.25, -0.2) is 4.79 Å². The summed E-state index contributed by atoms with van der Waals surface area (Å²) >= 11 is 6.17. The first-order chi connectivity index (χ1) is 14.4. The second kappa shape index (κ2) is 8.05. The standard InChI is InChI=1S/C24H17ClO5/c1-14-5-7-16(8-6-14)9-10-21(26)30-24-22(27)17-13-18(25)15(2)12-20(17)29-23(24)19-4-3-11-28-19/h3-13H,1-2H3/b10-9+. The minimum atomic E-state index is -0.715. The van der Waals surface area contributed by atoms with Crippen molar-refractivity contribution in [3.8, 4) is 17.3 Å². The summed E-state index contributed by atoms with van der Waals surface area (Å²) in [5.74, 6) is -0.660. The van der Waals surface area contributed by atoms with Crippen LogP contribution < -0.4 is 10.2 Å². The van der Waals surface area contributed by atoms with Gasteiger partial charge in [-0.3, -0.25) is 4.79 Å². The van der Waals surface area contributed by atoms with Gasteiger partial charge in [0.15, 0.2) is 5.76 Å². The maximum absolute atomic E-state index is 13.1. The summed E-state index contributed by atoms with van der Waals surface area (Å²) in [5, 5.41) is 0.628. The van der Waals surface area contributed by atoms with Gasteiger partial charge < -0.3 is 13.6 Å². The van der Waals surface area contributed by atoms with E-state index in [2.05, 4.69) is 0 Å². The largest absolute Gasteiger partial charge is 0.461 e. The predicted octanol–water partition coefficient (Wildman–Crippen LogP) is 5.94. The number of rotatable bonds is 4. The van der Waals surface area contributed by atoms with E-state index in [1.807, 2.05) is 31.2 Å². The monoisotopic (exact) mass is 420 g/mol. The van der Waals surface area contributed by atoms with Crippen molar-refractivity contribution in [1.29, 1.82) is 0 Å². The molecule has 0 spiro atoms. The van der Waals surface area contributed by atoms with Gasteiger partial charge in [0.1, 0.15) is 5.58 Å². The molecule has 0 unspecified atom stereocenters. The number of halogens is 1. The molecule has 2 aromatic carbocycles. The van der Waals surface area contributed by atoms with E-state index in [-0.39, 0.29) is 22.7 Å². The van der Waals surface area contributed by atoms with Gasteiger partial charge in [-0.1, -0.05) is 41.4 Å². The molecule has 2 aromatic heterocycles. The molecule has 6 heteroatoms. The van der Waals surface area contributed by atoms with Gasteiger partial charge in [0.05, 0.1) is 11.6 Å². The third kappa shape index (κ3) is 3.93. The van der Waals surface area contributed by atoms with Crippen LogP contribution in [0.5, 0.6) is 5.75 Å². The Hall–Kier alpha value is -3.57. The Morgan fingerprint density at radius 3 is 2.57 bits per heavy atom. The number of furan rings is 1. The van der Waals surface area contributed by atoms with Gasteiger partial charge in [-0.15, -0.1) is 0 Å². The first-order valence-corrected chi connectivity index (χ1v) is 9.57. The Balaban J connectivity index is 1.76. The van der Waals surface area contributed by atoms with Gasteiger partial charge in [0, 0.05) is 11.1 Å². The molecule has 0 N–H and O–H groups in total. The third-order valence-corrected chi connectivity index (χ3v) is 4.97. The van der Waals surface area contributed by atoms with Crippen LogP contribution in [0.4, 0.5) is 0 Å². The average molecular weight is 421 g/mol. The number of fused-ring (bicyclic) bond motifs is 1. The van der Waals surface area contributed by atoms with Crippen LogP contribution in [0.15, 0.2) is 74.5 Å². The highest BCUT2D eigenvalue weighted by Gasteiger charge is 2.22. The van der Waals surface area contributed by atoms with E-state index < -0.39 is 11.4 Å². The molecule has 0 bridgehead atoms. The summed E-state index contributed by atoms with van der Waals surface area (Å²) in [6.07, 6.45) is 4.30. The average Bonchev–Trinajstić information content (AvgIpc) is 3.26. The van der Waals surface area contributed by atoms with Crippen molar-refractivity contribution in [3.05, 3.63) is 92.8 Å². The summed E-state index contributed by atoms with van der Waals surface area (Å²) in [6, 6.07) is 14.1. The van der Waals surface area contributed by atoms with E-state index in [4.69, 9.17) is 25.2 Å². The maximum atomic E-state index is 13.1. The van der Waals surface area contributed by atoms with Crippen LogP contribution in [0.3, 0.4) is 0 Å². The summed E-state index contributed by atoms with van der Waals surface area (Å²) in [6.45, 7) is 3.78. The van der Waals surface area contributed by atoms with Crippen molar-refractivity contribution in [1.82, 2.24) is 0 Å². The molecular weight excluding hydrogens is 404 g/mol. The lowest BCUT2D eigenvalue weighted by Gasteiger charge is -2.09. The highest BCUT2D eigenvalue weighted by molar-refractivity contribution is 6.32. The Kier molecular flexibility index (Phi) is 5.29. The number of ether oxygens (including phenoxy) is 1. The topological polar surface area (TPSA) is 69.7 Å². The van der Waals surface area contributed by atoms with Gasteiger partial charge >= 0.3 is 5.97 Å². The van der Waals surface area contributed by atoms with E-state index in [1.165, 1.54) is 18.4 Å². The molecule has 0 saturated carbocycles. The molecular formula is C24H17ClO5. The fraction of sp³-hybridized carbons (Fsp3) is 0.0833. The van der Waals surface area contributed by atoms with E-state index in [1.54, 1.807) is 31.2 Å². The summed E-state index contributed by atoms with van der Waals surface area (Å²) in [4.78, 5) is 25.5. The van der Waals surface area contributed by atoms with Crippen LogP contribution >= 0.6 is 11.6 Å². The Morgan fingerprint density at radius 1 is 1.10 bits per heavy atom. The third-order valence-electron chi connectivity index (χ3n) is 4.57. The molecule has 0 aliphatic rings. The molecule has 0 aliphatic heterocycles. The first kappa shape index (κ1) is 19.7. The number of esters is 1. The van der Waals surface area contributed by atoms with E-state index in [0.29, 0.717) is 10.6 Å². The van der Waals surface area contributed by atoms with Gasteiger partial charge in [-0.05, 0) is 55.3 Å². The molecule has 30 heavy (non-hydrogen) atoms. The van der Waals surface area contributed by atoms with Gasteiger partial charge in [-0.2, -0.15) is 0 Å². The van der Waals surface area contributed by atoms with Crippen molar-refractivity contribution >= 4 is 34.6 Å². The van der Waals surface area contributed by atoms with Crippen LogP contribution in [0.25, 0.3) is 28.6 Å². The fourth-order valence-electron chi connectivity index (χ4n) is 2.94. The molecule has 0 amide bonds. The molecule has 5 nitrogen and oxygen atoms in total. The van der Waals surface area contributed by atoms with Crippen molar-refractivity contribution in [2.24, 2.45) is 0 Å². The van der Waals surface area contributed by atoms with E-state index in [9.17, 15) is 9.59 Å². The highest BCUT2D eigenvalue weighted by atomic mass is 35.5. The molecule has 4 aromatic rings. The first-order valence-electron chi connectivity index (χ1n) is 9.20. The van der Waals surface area contributed by atoms with Crippen molar-refractivity contribution in [3.63, 3.8) is 0 Å². The van der Waals surface area contributed by atoms with Gasteiger partial charge in [0.25, 0.3) is 0 Å². The molecule has 150 valence electrons. The lowest BCUT2D eigenvalue weighted by molar-refractivity contribution is -0.129. The number of benzene rings is 2. The number of hydrogen-bond acceptors (Lipinski definition) is 5. The Morgan fingerprint density at radius 2 is 1.87 bits per heavy atom. The quantitative estimate of drug-likeness (QED) is 0.302. The Labute approximate surface area is 177 Å². The zero-order valence-electron chi connectivity index (χ0n) is 16.3. The molecule has 2 heterocycles. The number of carbonyl (C=O) groups is 1. The van der Waals surface area contributed by atoms with E-state index in [0.717, 1.165) is 16.7 Å². The lowest BCUT2D eigenvalue weighted by Crippen LogP contribution is -2.14. The smallest absolute Gasteiger partial charge is 0.336 e. The minimum absolute atomic E-state index is 0.0382. The van der Waals surface area contributed by atoms with E-state index >= 15 is 0 Å². The number of hydrogen-bond donors (Lipinski definition) is 0. The molecule has 0 radical (unpaired) electrons. The predicted molar refractivity (Wildman–Crippen MR) is 116 cm³/mol.